The first-order valence-corrected chi connectivity index (χ1v) is 7.16. The van der Waals surface area contributed by atoms with Gasteiger partial charge in [-0.3, -0.25) is 0 Å². The number of anilines is 1. The standard InChI is InChI=1S/C14H14N4OS/c1-9-4-3-5-10(6-9)19-8-12-11(7-15)13(16)18-14(17-12)20-2/h3-6H,8H2,1-2H3,(H2,16,17,18). The van der Waals surface area contributed by atoms with Gasteiger partial charge in [-0.15, -0.1) is 0 Å². The lowest BCUT2D eigenvalue weighted by atomic mass is 10.2. The maximum atomic E-state index is 9.13. The first-order chi connectivity index (χ1) is 9.63. The fraction of sp³-hybridized carbons (Fsp3) is 0.214. The maximum absolute atomic E-state index is 9.13. The quantitative estimate of drug-likeness (QED) is 0.686. The first kappa shape index (κ1) is 14.2. The molecule has 0 aliphatic rings. The van der Waals surface area contributed by atoms with E-state index in [0.717, 1.165) is 11.3 Å². The smallest absolute Gasteiger partial charge is 0.189 e. The van der Waals surface area contributed by atoms with Crippen LogP contribution in [0.1, 0.15) is 16.8 Å². The van der Waals surface area contributed by atoms with Crippen LogP contribution in [0.15, 0.2) is 29.4 Å². The van der Waals surface area contributed by atoms with Crippen LogP contribution >= 0.6 is 11.8 Å². The van der Waals surface area contributed by atoms with E-state index < -0.39 is 0 Å². The van der Waals surface area contributed by atoms with E-state index in [4.69, 9.17) is 15.7 Å². The summed E-state index contributed by atoms with van der Waals surface area (Å²) >= 11 is 1.37. The highest BCUT2D eigenvalue weighted by Crippen LogP contribution is 2.20. The Morgan fingerprint density at radius 2 is 2.20 bits per heavy atom. The van der Waals surface area contributed by atoms with Gasteiger partial charge in [0, 0.05) is 0 Å². The number of nitrogens with two attached hydrogens (primary N) is 1. The number of benzene rings is 1. The molecule has 0 atom stereocenters. The SMILES string of the molecule is CSc1nc(N)c(C#N)c(COc2cccc(C)c2)n1. The average molecular weight is 286 g/mol. The summed E-state index contributed by atoms with van der Waals surface area (Å²) in [5.41, 5.74) is 7.64. The Morgan fingerprint density at radius 1 is 1.40 bits per heavy atom. The fourth-order valence-corrected chi connectivity index (χ4v) is 2.07. The number of nitrogen functional groups attached to an aromatic ring is 1. The molecule has 2 N–H and O–H groups in total. The number of nitriles is 1. The monoisotopic (exact) mass is 286 g/mol. The highest BCUT2D eigenvalue weighted by Gasteiger charge is 2.12. The summed E-state index contributed by atoms with van der Waals surface area (Å²) in [5.74, 6) is 0.923. The van der Waals surface area contributed by atoms with Gasteiger partial charge in [0.2, 0.25) is 0 Å². The van der Waals surface area contributed by atoms with Gasteiger partial charge in [-0.25, -0.2) is 9.97 Å². The van der Waals surface area contributed by atoms with Crippen LogP contribution < -0.4 is 10.5 Å². The molecule has 0 amide bonds. The number of rotatable bonds is 4. The van der Waals surface area contributed by atoms with Crippen LogP contribution in [0.3, 0.4) is 0 Å². The number of ether oxygens (including phenoxy) is 1. The normalized spacial score (nSPS) is 10.1. The highest BCUT2D eigenvalue weighted by atomic mass is 32.2. The van der Waals surface area contributed by atoms with E-state index in [2.05, 4.69) is 9.97 Å². The van der Waals surface area contributed by atoms with Crippen LogP contribution in [0.4, 0.5) is 5.82 Å². The van der Waals surface area contributed by atoms with Gasteiger partial charge in [0.05, 0.1) is 0 Å². The predicted molar refractivity (Wildman–Crippen MR) is 78.5 cm³/mol. The summed E-state index contributed by atoms with van der Waals surface area (Å²) in [6.07, 6.45) is 1.85. The van der Waals surface area contributed by atoms with Crippen molar-refractivity contribution in [2.45, 2.75) is 18.7 Å². The molecule has 0 aliphatic carbocycles. The van der Waals surface area contributed by atoms with Crippen LogP contribution in [-0.2, 0) is 6.61 Å². The van der Waals surface area contributed by atoms with Gasteiger partial charge >= 0.3 is 0 Å². The van der Waals surface area contributed by atoms with E-state index in [1.165, 1.54) is 11.8 Å². The van der Waals surface area contributed by atoms with Gasteiger partial charge in [-0.05, 0) is 30.9 Å². The second-order valence-electron chi connectivity index (χ2n) is 4.13. The minimum Gasteiger partial charge on any atom is -0.487 e. The molecule has 102 valence electrons. The summed E-state index contributed by atoms with van der Waals surface area (Å²) in [6.45, 7) is 2.18. The minimum absolute atomic E-state index is 0.187. The molecule has 5 nitrogen and oxygen atoms in total. The van der Waals surface area contributed by atoms with Crippen molar-refractivity contribution in [1.29, 1.82) is 5.26 Å². The molecule has 1 aromatic carbocycles. The van der Waals surface area contributed by atoms with Crippen LogP contribution in [0.5, 0.6) is 5.75 Å². The number of hydrogen-bond acceptors (Lipinski definition) is 6. The summed E-state index contributed by atoms with van der Waals surface area (Å²) in [4.78, 5) is 8.33. The number of aromatic nitrogens is 2. The average Bonchev–Trinajstić information content (AvgIpc) is 2.44. The van der Waals surface area contributed by atoms with Gasteiger partial charge in [-0.2, -0.15) is 5.26 Å². The van der Waals surface area contributed by atoms with Crippen molar-refractivity contribution < 1.29 is 4.74 Å². The molecule has 2 aromatic rings. The van der Waals surface area contributed by atoms with Crippen LogP contribution in [0, 0.1) is 18.3 Å². The van der Waals surface area contributed by atoms with E-state index in [1.54, 1.807) is 0 Å². The third kappa shape index (κ3) is 3.19. The van der Waals surface area contributed by atoms with Crippen molar-refractivity contribution in [3.05, 3.63) is 41.1 Å². The molecular weight excluding hydrogens is 272 g/mol. The molecular formula is C14H14N4OS. The van der Waals surface area contributed by atoms with E-state index in [9.17, 15) is 0 Å². The van der Waals surface area contributed by atoms with E-state index >= 15 is 0 Å². The molecule has 0 spiro atoms. The molecule has 20 heavy (non-hydrogen) atoms. The highest BCUT2D eigenvalue weighted by molar-refractivity contribution is 7.98. The molecule has 0 aliphatic heterocycles. The van der Waals surface area contributed by atoms with Gasteiger partial charge in [0.25, 0.3) is 0 Å². The van der Waals surface area contributed by atoms with Crippen molar-refractivity contribution in [3.63, 3.8) is 0 Å². The Labute approximate surface area is 121 Å². The van der Waals surface area contributed by atoms with Crippen molar-refractivity contribution in [2.75, 3.05) is 12.0 Å². The van der Waals surface area contributed by atoms with Crippen LogP contribution in [0.25, 0.3) is 0 Å². The summed E-state index contributed by atoms with van der Waals surface area (Å²) < 4.78 is 5.66. The van der Waals surface area contributed by atoms with Crippen molar-refractivity contribution in [1.82, 2.24) is 9.97 Å². The van der Waals surface area contributed by atoms with Gasteiger partial charge in [0.1, 0.15) is 35.5 Å². The zero-order valence-corrected chi connectivity index (χ0v) is 12.1. The molecule has 0 bridgehead atoms. The van der Waals surface area contributed by atoms with Gasteiger partial charge in [0.15, 0.2) is 5.16 Å². The summed E-state index contributed by atoms with van der Waals surface area (Å²) in [6, 6.07) is 9.71. The molecule has 0 fully saturated rings. The Hall–Kier alpha value is -2.26. The molecule has 0 unspecified atom stereocenters. The third-order valence-electron chi connectivity index (χ3n) is 2.65. The Morgan fingerprint density at radius 3 is 2.85 bits per heavy atom. The summed E-state index contributed by atoms with van der Waals surface area (Å²) in [7, 11) is 0. The van der Waals surface area contributed by atoms with Crippen molar-refractivity contribution in [3.8, 4) is 11.8 Å². The molecule has 1 aromatic heterocycles. The van der Waals surface area contributed by atoms with Gasteiger partial charge < -0.3 is 10.5 Å². The Balaban J connectivity index is 2.24. The van der Waals surface area contributed by atoms with E-state index in [0.29, 0.717) is 10.9 Å². The van der Waals surface area contributed by atoms with E-state index in [-0.39, 0.29) is 18.0 Å². The molecule has 2 rings (SSSR count). The number of nitrogens with zero attached hydrogens (tertiary/aromatic N) is 3. The third-order valence-corrected chi connectivity index (χ3v) is 3.20. The molecule has 0 radical (unpaired) electrons. The second kappa shape index (κ2) is 6.26. The fourth-order valence-electron chi connectivity index (χ4n) is 1.68. The second-order valence-corrected chi connectivity index (χ2v) is 4.91. The lowest BCUT2D eigenvalue weighted by Crippen LogP contribution is -2.08. The lowest BCUT2D eigenvalue weighted by molar-refractivity contribution is 0.299. The molecule has 0 saturated heterocycles. The summed E-state index contributed by atoms with van der Waals surface area (Å²) in [5, 5.41) is 9.66. The minimum atomic E-state index is 0.187. The number of thioether (sulfide) groups is 1. The van der Waals surface area contributed by atoms with E-state index in [1.807, 2.05) is 43.5 Å². The lowest BCUT2D eigenvalue weighted by Gasteiger charge is -2.09. The topological polar surface area (TPSA) is 84.8 Å². The van der Waals surface area contributed by atoms with Crippen molar-refractivity contribution in [2.24, 2.45) is 0 Å². The van der Waals surface area contributed by atoms with Crippen molar-refractivity contribution >= 4 is 17.6 Å². The zero-order chi connectivity index (χ0) is 14.5. The molecule has 0 saturated carbocycles. The zero-order valence-electron chi connectivity index (χ0n) is 11.3. The first-order valence-electron chi connectivity index (χ1n) is 5.94. The van der Waals surface area contributed by atoms with Gasteiger partial charge in [-0.1, -0.05) is 23.9 Å². The predicted octanol–water partition coefficient (Wildman–Crippen LogP) is 2.54. The maximum Gasteiger partial charge on any atom is 0.189 e. The Kier molecular flexibility index (Phi) is 4.43. The van der Waals surface area contributed by atoms with Crippen LogP contribution in [-0.4, -0.2) is 16.2 Å². The Bertz CT molecular complexity index is 667. The number of hydrogen-bond donors (Lipinski definition) is 1. The largest absolute Gasteiger partial charge is 0.487 e. The number of aryl methyl sites for hydroxylation is 1. The van der Waals surface area contributed by atoms with Crippen LogP contribution in [0.2, 0.25) is 0 Å². The molecule has 6 heteroatoms. The molecule has 1 heterocycles.